The van der Waals surface area contributed by atoms with Gasteiger partial charge in [0.15, 0.2) is 0 Å². The molecule has 2 fully saturated rings. The summed E-state index contributed by atoms with van der Waals surface area (Å²) in [7, 11) is 0. The Labute approximate surface area is 90.4 Å². The van der Waals surface area contributed by atoms with Crippen LogP contribution in [0.15, 0.2) is 0 Å². The lowest BCUT2D eigenvalue weighted by Gasteiger charge is -2.34. The molecule has 0 spiro atoms. The van der Waals surface area contributed by atoms with Gasteiger partial charge in [0.05, 0.1) is 0 Å². The number of alkyl halides is 2. The molecule has 1 nitrogen and oxygen atoms in total. The zero-order valence-electron chi connectivity index (χ0n) is 9.22. The molecule has 2 rings (SSSR count). The monoisotopic (exact) mass is 217 g/mol. The van der Waals surface area contributed by atoms with Crippen LogP contribution in [0.2, 0.25) is 0 Å². The van der Waals surface area contributed by atoms with Gasteiger partial charge < -0.3 is 5.73 Å². The third kappa shape index (κ3) is 2.68. The fourth-order valence-electron chi connectivity index (χ4n) is 3.17. The second-order valence-corrected chi connectivity index (χ2v) is 5.32. The first-order chi connectivity index (χ1) is 7.08. The number of rotatable bonds is 2. The van der Waals surface area contributed by atoms with Crippen LogP contribution in [0.4, 0.5) is 8.78 Å². The molecular formula is C12H21F2N. The second kappa shape index (κ2) is 4.36. The number of hydrogen-bond donors (Lipinski definition) is 1. The van der Waals surface area contributed by atoms with E-state index in [-0.39, 0.29) is 18.9 Å². The quantitative estimate of drug-likeness (QED) is 0.754. The van der Waals surface area contributed by atoms with Crippen molar-refractivity contribution in [3.63, 3.8) is 0 Å². The Morgan fingerprint density at radius 3 is 1.93 bits per heavy atom. The van der Waals surface area contributed by atoms with Crippen molar-refractivity contribution in [1.82, 2.24) is 0 Å². The Morgan fingerprint density at radius 1 is 0.933 bits per heavy atom. The molecule has 0 heterocycles. The fourth-order valence-corrected chi connectivity index (χ4v) is 3.17. The molecule has 3 heteroatoms. The van der Waals surface area contributed by atoms with E-state index < -0.39 is 5.92 Å². The molecule has 2 saturated carbocycles. The molecule has 0 amide bonds. The Balaban J connectivity index is 1.84. The zero-order valence-corrected chi connectivity index (χ0v) is 9.22. The van der Waals surface area contributed by atoms with Crippen molar-refractivity contribution in [2.24, 2.45) is 17.6 Å². The Bertz CT molecular complexity index is 202. The summed E-state index contributed by atoms with van der Waals surface area (Å²) in [5.74, 6) is -1.44. The van der Waals surface area contributed by atoms with Crippen molar-refractivity contribution in [2.75, 3.05) is 0 Å². The van der Waals surface area contributed by atoms with Crippen LogP contribution in [0.25, 0.3) is 0 Å². The smallest absolute Gasteiger partial charge is 0.248 e. The maximum absolute atomic E-state index is 13.0. The van der Waals surface area contributed by atoms with Crippen LogP contribution in [0.5, 0.6) is 0 Å². The van der Waals surface area contributed by atoms with Gasteiger partial charge in [0, 0.05) is 18.9 Å². The normalized spacial score (nSPS) is 30.6. The van der Waals surface area contributed by atoms with Crippen molar-refractivity contribution in [3.8, 4) is 0 Å². The molecular weight excluding hydrogens is 196 g/mol. The van der Waals surface area contributed by atoms with E-state index in [9.17, 15) is 8.78 Å². The first kappa shape index (κ1) is 11.3. The predicted octanol–water partition coefficient (Wildman–Crippen LogP) is 3.33. The third-order valence-electron chi connectivity index (χ3n) is 4.25. The molecule has 0 aliphatic heterocycles. The molecule has 2 aliphatic rings. The molecule has 1 unspecified atom stereocenters. The molecule has 1 atom stereocenters. The summed E-state index contributed by atoms with van der Waals surface area (Å²) in [5, 5.41) is 0. The molecule has 0 aromatic rings. The van der Waals surface area contributed by atoms with Crippen molar-refractivity contribution in [2.45, 2.75) is 63.3 Å². The van der Waals surface area contributed by atoms with Gasteiger partial charge in [-0.15, -0.1) is 0 Å². The minimum Gasteiger partial charge on any atom is -0.327 e. The fraction of sp³-hybridized carbons (Fsp3) is 1.00. The predicted molar refractivity (Wildman–Crippen MR) is 56.8 cm³/mol. The van der Waals surface area contributed by atoms with Gasteiger partial charge in [0.25, 0.3) is 0 Å². The highest BCUT2D eigenvalue weighted by molar-refractivity contribution is 4.88. The minimum absolute atomic E-state index is 0.0537. The van der Waals surface area contributed by atoms with Crippen LogP contribution < -0.4 is 5.73 Å². The SMILES string of the molecule is NC(C1CCCC1)C1CCC(F)(F)CC1. The van der Waals surface area contributed by atoms with Crippen LogP contribution in [0.1, 0.15) is 51.4 Å². The van der Waals surface area contributed by atoms with E-state index in [1.165, 1.54) is 25.7 Å². The molecule has 0 saturated heterocycles. The number of halogens is 2. The van der Waals surface area contributed by atoms with E-state index in [0.717, 1.165) is 0 Å². The minimum atomic E-state index is -2.41. The van der Waals surface area contributed by atoms with E-state index in [1.807, 2.05) is 0 Å². The average molecular weight is 217 g/mol. The summed E-state index contributed by atoms with van der Waals surface area (Å²) in [5.41, 5.74) is 6.20. The van der Waals surface area contributed by atoms with Gasteiger partial charge in [-0.25, -0.2) is 8.78 Å². The molecule has 2 N–H and O–H groups in total. The van der Waals surface area contributed by atoms with E-state index in [4.69, 9.17) is 5.73 Å². The average Bonchev–Trinajstić information content (AvgIpc) is 2.69. The standard InChI is InChI=1S/C12H21F2N/c13-12(14)7-5-10(6-8-12)11(15)9-3-1-2-4-9/h9-11H,1-8,15H2. The molecule has 0 radical (unpaired) electrons. The topological polar surface area (TPSA) is 26.0 Å². The molecule has 88 valence electrons. The molecule has 15 heavy (non-hydrogen) atoms. The zero-order chi connectivity index (χ0) is 10.9. The van der Waals surface area contributed by atoms with E-state index in [1.54, 1.807) is 0 Å². The summed E-state index contributed by atoms with van der Waals surface area (Å²) < 4.78 is 26.0. The summed E-state index contributed by atoms with van der Waals surface area (Å²) in [4.78, 5) is 0. The molecule has 2 aliphatic carbocycles. The van der Waals surface area contributed by atoms with Crippen LogP contribution in [0.3, 0.4) is 0 Å². The maximum atomic E-state index is 13.0. The highest BCUT2D eigenvalue weighted by atomic mass is 19.3. The maximum Gasteiger partial charge on any atom is 0.248 e. The van der Waals surface area contributed by atoms with Crippen LogP contribution in [-0.4, -0.2) is 12.0 Å². The highest BCUT2D eigenvalue weighted by Gasteiger charge is 2.38. The summed E-state index contributed by atoms with van der Waals surface area (Å²) >= 11 is 0. The van der Waals surface area contributed by atoms with Crippen molar-refractivity contribution in [1.29, 1.82) is 0 Å². The van der Waals surface area contributed by atoms with E-state index in [0.29, 0.717) is 24.7 Å². The van der Waals surface area contributed by atoms with E-state index >= 15 is 0 Å². The van der Waals surface area contributed by atoms with Gasteiger partial charge in [-0.1, -0.05) is 12.8 Å². The molecule has 0 aromatic carbocycles. The van der Waals surface area contributed by atoms with Gasteiger partial charge in [-0.05, 0) is 37.5 Å². The Kier molecular flexibility index (Phi) is 3.29. The van der Waals surface area contributed by atoms with Crippen LogP contribution >= 0.6 is 0 Å². The van der Waals surface area contributed by atoms with Crippen LogP contribution in [-0.2, 0) is 0 Å². The van der Waals surface area contributed by atoms with Gasteiger partial charge in [0.1, 0.15) is 0 Å². The second-order valence-electron chi connectivity index (χ2n) is 5.32. The lowest BCUT2D eigenvalue weighted by molar-refractivity contribution is -0.0501. The Hall–Kier alpha value is -0.180. The summed E-state index contributed by atoms with van der Waals surface area (Å²) in [6.45, 7) is 0. The van der Waals surface area contributed by atoms with E-state index in [2.05, 4.69) is 0 Å². The van der Waals surface area contributed by atoms with Crippen molar-refractivity contribution < 1.29 is 8.78 Å². The van der Waals surface area contributed by atoms with Gasteiger partial charge >= 0.3 is 0 Å². The molecule has 0 aromatic heterocycles. The lowest BCUT2D eigenvalue weighted by Crippen LogP contribution is -2.40. The number of hydrogen-bond acceptors (Lipinski definition) is 1. The van der Waals surface area contributed by atoms with Crippen molar-refractivity contribution in [3.05, 3.63) is 0 Å². The first-order valence-electron chi connectivity index (χ1n) is 6.22. The first-order valence-corrected chi connectivity index (χ1v) is 6.22. The number of nitrogens with two attached hydrogens (primary N) is 1. The summed E-state index contributed by atoms with van der Waals surface area (Å²) in [6, 6.07) is 0.184. The van der Waals surface area contributed by atoms with Crippen LogP contribution in [0, 0.1) is 11.8 Å². The van der Waals surface area contributed by atoms with Crippen molar-refractivity contribution >= 4 is 0 Å². The van der Waals surface area contributed by atoms with Gasteiger partial charge in [0.2, 0.25) is 5.92 Å². The Morgan fingerprint density at radius 2 is 1.40 bits per heavy atom. The largest absolute Gasteiger partial charge is 0.327 e. The molecule has 0 bridgehead atoms. The van der Waals surface area contributed by atoms with Gasteiger partial charge in [-0.3, -0.25) is 0 Å². The lowest BCUT2D eigenvalue weighted by atomic mass is 9.77. The highest BCUT2D eigenvalue weighted by Crippen LogP contribution is 2.40. The summed E-state index contributed by atoms with van der Waals surface area (Å²) in [6.07, 6.45) is 6.36. The third-order valence-corrected chi connectivity index (χ3v) is 4.25. The van der Waals surface area contributed by atoms with Gasteiger partial charge in [-0.2, -0.15) is 0 Å².